The number of hydrogen-bond donors (Lipinski definition) is 1. The van der Waals surface area contributed by atoms with E-state index in [-0.39, 0.29) is 28.8 Å². The maximum absolute atomic E-state index is 12.9. The summed E-state index contributed by atoms with van der Waals surface area (Å²) in [6.07, 6.45) is -1.08. The fourth-order valence-corrected chi connectivity index (χ4v) is 3.91. The van der Waals surface area contributed by atoms with E-state index in [1.165, 1.54) is 38.5 Å². The highest BCUT2D eigenvalue weighted by molar-refractivity contribution is 7.93. The molecular formula is C17H22F3N3O5SSi. The zero-order valence-electron chi connectivity index (χ0n) is 16.9. The Morgan fingerprint density at radius 2 is 1.57 bits per heavy atom. The van der Waals surface area contributed by atoms with E-state index in [1.807, 2.05) is 19.6 Å². The van der Waals surface area contributed by atoms with Gasteiger partial charge in [0.1, 0.15) is 6.10 Å². The molecule has 2 aromatic rings. The second-order valence-electron chi connectivity index (χ2n) is 7.06. The van der Waals surface area contributed by atoms with E-state index in [9.17, 15) is 21.6 Å². The third kappa shape index (κ3) is 5.83. The van der Waals surface area contributed by atoms with Gasteiger partial charge in [0, 0.05) is 5.56 Å². The van der Waals surface area contributed by atoms with Gasteiger partial charge in [-0.2, -0.15) is 31.6 Å². The fraction of sp³-hybridized carbons (Fsp3) is 0.412. The topological polar surface area (TPSA) is 99.6 Å². The molecule has 1 N–H and O–H groups in total. The van der Waals surface area contributed by atoms with Gasteiger partial charge in [-0.25, -0.2) is 0 Å². The van der Waals surface area contributed by atoms with Crippen LogP contribution in [0.25, 0.3) is 0 Å². The molecule has 0 bridgehead atoms. The number of alkyl halides is 3. The van der Waals surface area contributed by atoms with Crippen molar-refractivity contribution in [2.45, 2.75) is 31.3 Å². The summed E-state index contributed by atoms with van der Waals surface area (Å²) in [5.74, 6) is 0.344. The summed E-state index contributed by atoms with van der Waals surface area (Å²) in [6.45, 7) is 5.58. The zero-order chi connectivity index (χ0) is 22.7. The Morgan fingerprint density at radius 1 is 1.03 bits per heavy atom. The molecule has 0 saturated heterocycles. The Labute approximate surface area is 173 Å². The number of rotatable bonds is 8. The van der Waals surface area contributed by atoms with Crippen molar-refractivity contribution >= 4 is 24.0 Å². The van der Waals surface area contributed by atoms with Crippen molar-refractivity contribution in [1.29, 1.82) is 0 Å². The van der Waals surface area contributed by atoms with Crippen molar-refractivity contribution in [3.05, 3.63) is 41.7 Å². The van der Waals surface area contributed by atoms with Crippen LogP contribution in [0.3, 0.4) is 0 Å². The first-order chi connectivity index (χ1) is 13.8. The average molecular weight is 466 g/mol. The van der Waals surface area contributed by atoms with E-state index in [4.69, 9.17) is 13.9 Å². The van der Waals surface area contributed by atoms with E-state index in [0.29, 0.717) is 0 Å². The normalized spacial score (nSPS) is 13.6. The Hall–Kier alpha value is -2.38. The summed E-state index contributed by atoms with van der Waals surface area (Å²) in [7, 11) is -5.20. The first-order valence-corrected chi connectivity index (χ1v) is 13.5. The van der Waals surface area contributed by atoms with Gasteiger partial charge in [0.25, 0.3) is 0 Å². The standard InChI is InChI=1S/C17H22F3N3O5SSi/c1-26-13-10-14(27-2)22-16(21-13)15(28-30(3,4)5)11-8-6-7-9-12(11)23-29(24,25)17(18,19)20/h6-10,15,23H,1-5H3. The van der Waals surface area contributed by atoms with Gasteiger partial charge in [-0.3, -0.25) is 4.72 Å². The molecule has 0 amide bonds. The molecule has 1 heterocycles. The minimum absolute atomic E-state index is 0.0484. The number of hydrogen-bond acceptors (Lipinski definition) is 7. The molecule has 8 nitrogen and oxygen atoms in total. The average Bonchev–Trinajstić information content (AvgIpc) is 2.64. The molecule has 166 valence electrons. The van der Waals surface area contributed by atoms with Crippen LogP contribution in [0.15, 0.2) is 30.3 Å². The highest BCUT2D eigenvalue weighted by Crippen LogP contribution is 2.36. The number of ether oxygens (including phenoxy) is 2. The van der Waals surface area contributed by atoms with Crippen LogP contribution in [0.2, 0.25) is 19.6 Å². The van der Waals surface area contributed by atoms with E-state index in [1.54, 1.807) is 10.8 Å². The number of nitrogens with one attached hydrogen (secondary N) is 1. The van der Waals surface area contributed by atoms with Gasteiger partial charge in [0.2, 0.25) is 11.8 Å². The molecular weight excluding hydrogens is 443 g/mol. The van der Waals surface area contributed by atoms with Crippen molar-refractivity contribution in [1.82, 2.24) is 9.97 Å². The maximum Gasteiger partial charge on any atom is 0.516 e. The smallest absolute Gasteiger partial charge is 0.481 e. The molecule has 1 unspecified atom stereocenters. The third-order valence-corrected chi connectivity index (χ3v) is 5.65. The highest BCUT2D eigenvalue weighted by Gasteiger charge is 2.46. The van der Waals surface area contributed by atoms with Crippen LogP contribution in [0, 0.1) is 0 Å². The molecule has 2 rings (SSSR count). The first kappa shape index (κ1) is 23.9. The van der Waals surface area contributed by atoms with Crippen LogP contribution in [0.5, 0.6) is 11.8 Å². The molecule has 30 heavy (non-hydrogen) atoms. The molecule has 0 aliphatic rings. The Bertz CT molecular complexity index is 975. The minimum Gasteiger partial charge on any atom is -0.481 e. The van der Waals surface area contributed by atoms with Crippen molar-refractivity contribution in [3.8, 4) is 11.8 Å². The van der Waals surface area contributed by atoms with Crippen molar-refractivity contribution < 1.29 is 35.5 Å². The Morgan fingerprint density at radius 3 is 2.03 bits per heavy atom. The molecule has 13 heteroatoms. The molecule has 1 aromatic carbocycles. The minimum atomic E-state index is -5.64. The van der Waals surface area contributed by atoms with Gasteiger partial charge >= 0.3 is 15.5 Å². The lowest BCUT2D eigenvalue weighted by atomic mass is 10.1. The van der Waals surface area contributed by atoms with Gasteiger partial charge in [0.15, 0.2) is 14.1 Å². The SMILES string of the molecule is COc1cc(OC)nc(C(O[Si](C)(C)C)c2ccccc2NS(=O)(=O)C(F)(F)F)n1. The van der Waals surface area contributed by atoms with E-state index >= 15 is 0 Å². The number of para-hydroxylation sites is 1. The van der Waals surface area contributed by atoms with Crippen LogP contribution in [-0.4, -0.2) is 46.4 Å². The van der Waals surface area contributed by atoms with Gasteiger partial charge < -0.3 is 13.9 Å². The van der Waals surface area contributed by atoms with Crippen LogP contribution in [0.1, 0.15) is 17.5 Å². The first-order valence-electron chi connectivity index (χ1n) is 8.60. The zero-order valence-corrected chi connectivity index (χ0v) is 18.8. The fourth-order valence-electron chi connectivity index (χ4n) is 2.38. The highest BCUT2D eigenvalue weighted by atomic mass is 32.2. The second-order valence-corrected chi connectivity index (χ2v) is 13.2. The molecule has 0 spiro atoms. The number of halogens is 3. The predicted octanol–water partition coefficient (Wildman–Crippen LogP) is 3.70. The lowest BCUT2D eigenvalue weighted by Gasteiger charge is -2.27. The predicted molar refractivity (Wildman–Crippen MR) is 106 cm³/mol. The lowest BCUT2D eigenvalue weighted by Crippen LogP contribution is -2.32. The van der Waals surface area contributed by atoms with Crippen LogP contribution < -0.4 is 14.2 Å². The lowest BCUT2D eigenvalue weighted by molar-refractivity contribution is -0.0429. The van der Waals surface area contributed by atoms with Gasteiger partial charge in [-0.15, -0.1) is 0 Å². The van der Waals surface area contributed by atoms with Crippen LogP contribution >= 0.6 is 0 Å². The number of sulfonamides is 1. The summed E-state index contributed by atoms with van der Waals surface area (Å²) >= 11 is 0. The van der Waals surface area contributed by atoms with E-state index < -0.39 is 30.0 Å². The van der Waals surface area contributed by atoms with Gasteiger partial charge in [-0.05, 0) is 25.7 Å². The molecule has 0 fully saturated rings. The van der Waals surface area contributed by atoms with E-state index in [0.717, 1.165) is 0 Å². The summed E-state index contributed by atoms with van der Waals surface area (Å²) in [5.41, 5.74) is -5.67. The molecule has 0 aliphatic heterocycles. The number of methoxy groups -OCH3 is 2. The van der Waals surface area contributed by atoms with Gasteiger partial charge in [-0.1, -0.05) is 18.2 Å². The largest absolute Gasteiger partial charge is 0.516 e. The summed E-state index contributed by atoms with van der Waals surface area (Å²) < 4.78 is 80.1. The molecule has 1 aromatic heterocycles. The van der Waals surface area contributed by atoms with Gasteiger partial charge in [0.05, 0.1) is 26.0 Å². The van der Waals surface area contributed by atoms with Crippen molar-refractivity contribution in [3.63, 3.8) is 0 Å². The number of anilines is 1. The van der Waals surface area contributed by atoms with Crippen LogP contribution in [0.4, 0.5) is 18.9 Å². The monoisotopic (exact) mass is 465 g/mol. The molecule has 0 aliphatic carbocycles. The summed E-state index contributed by atoms with van der Waals surface area (Å²) in [5, 5.41) is 0. The van der Waals surface area contributed by atoms with E-state index in [2.05, 4.69) is 9.97 Å². The second kappa shape index (κ2) is 8.77. The molecule has 1 atom stereocenters. The number of nitrogens with zero attached hydrogens (tertiary/aromatic N) is 2. The van der Waals surface area contributed by atoms with Crippen molar-refractivity contribution in [2.75, 3.05) is 18.9 Å². The third-order valence-electron chi connectivity index (χ3n) is 3.61. The Kier molecular flexibility index (Phi) is 6.99. The number of benzene rings is 1. The molecule has 0 saturated carbocycles. The quantitative estimate of drug-likeness (QED) is 0.594. The van der Waals surface area contributed by atoms with Crippen molar-refractivity contribution in [2.24, 2.45) is 0 Å². The summed E-state index contributed by atoms with van der Waals surface area (Å²) in [6, 6.07) is 7.01. The number of aromatic nitrogens is 2. The molecule has 0 radical (unpaired) electrons. The van der Waals surface area contributed by atoms with Crippen LogP contribution in [-0.2, 0) is 14.4 Å². The summed E-state index contributed by atoms with van der Waals surface area (Å²) in [4.78, 5) is 8.46. The Balaban J connectivity index is 2.66. The maximum atomic E-state index is 12.9.